The van der Waals surface area contributed by atoms with Crippen LogP contribution in [0.1, 0.15) is 18.5 Å². The van der Waals surface area contributed by atoms with Gasteiger partial charge in [0.15, 0.2) is 5.11 Å². The molecule has 1 aliphatic heterocycles. The number of anilines is 1. The summed E-state index contributed by atoms with van der Waals surface area (Å²) in [6.07, 6.45) is 0. The lowest BCUT2D eigenvalue weighted by Crippen LogP contribution is -2.45. The van der Waals surface area contributed by atoms with Crippen molar-refractivity contribution in [1.29, 1.82) is 0 Å². The van der Waals surface area contributed by atoms with Crippen molar-refractivity contribution in [3.8, 4) is 11.5 Å². The molecule has 0 saturated carbocycles. The predicted molar refractivity (Wildman–Crippen MR) is 117 cm³/mol. The molecule has 1 atom stereocenters. The molecule has 0 fully saturated rings. The van der Waals surface area contributed by atoms with Crippen molar-refractivity contribution in [1.82, 2.24) is 10.6 Å². The first kappa shape index (κ1) is 20.2. The van der Waals surface area contributed by atoms with Crippen LogP contribution in [0.15, 0.2) is 58.2 Å². The number of halogens is 1. The van der Waals surface area contributed by atoms with Gasteiger partial charge in [0.05, 0.1) is 31.5 Å². The molecule has 1 amide bonds. The summed E-state index contributed by atoms with van der Waals surface area (Å²) in [5, 5.41) is 9.62. The van der Waals surface area contributed by atoms with E-state index in [0.29, 0.717) is 33.6 Å². The maximum atomic E-state index is 13.2. The van der Waals surface area contributed by atoms with Gasteiger partial charge in [0.2, 0.25) is 0 Å². The Morgan fingerprint density at radius 3 is 2.50 bits per heavy atom. The summed E-state index contributed by atoms with van der Waals surface area (Å²) < 4.78 is 11.5. The number of nitrogens with one attached hydrogen (secondary N) is 3. The molecule has 28 heavy (non-hydrogen) atoms. The highest BCUT2D eigenvalue weighted by Crippen LogP contribution is 2.32. The van der Waals surface area contributed by atoms with E-state index in [1.807, 2.05) is 31.2 Å². The van der Waals surface area contributed by atoms with Gasteiger partial charge in [0.1, 0.15) is 11.5 Å². The summed E-state index contributed by atoms with van der Waals surface area (Å²) >= 11 is 8.73. The van der Waals surface area contributed by atoms with E-state index in [0.717, 1.165) is 10.0 Å². The minimum absolute atomic E-state index is 0.253. The number of benzene rings is 2. The summed E-state index contributed by atoms with van der Waals surface area (Å²) in [7, 11) is 3.12. The number of hydrogen-bond donors (Lipinski definition) is 3. The maximum Gasteiger partial charge on any atom is 0.255 e. The van der Waals surface area contributed by atoms with Crippen LogP contribution in [-0.4, -0.2) is 25.2 Å². The average molecular weight is 462 g/mol. The van der Waals surface area contributed by atoms with E-state index in [4.69, 9.17) is 21.7 Å². The topological polar surface area (TPSA) is 71.6 Å². The molecule has 2 aromatic rings. The van der Waals surface area contributed by atoms with Crippen LogP contribution in [0, 0.1) is 0 Å². The summed E-state index contributed by atoms with van der Waals surface area (Å²) in [5.41, 5.74) is 2.73. The van der Waals surface area contributed by atoms with Gasteiger partial charge in [-0.3, -0.25) is 4.79 Å². The average Bonchev–Trinajstić information content (AvgIpc) is 2.68. The second-order valence-electron chi connectivity index (χ2n) is 6.14. The molecule has 0 saturated heterocycles. The summed E-state index contributed by atoms with van der Waals surface area (Å²) in [6.45, 7) is 1.83. The minimum Gasteiger partial charge on any atom is -0.497 e. The first-order chi connectivity index (χ1) is 13.4. The second kappa shape index (κ2) is 8.62. The van der Waals surface area contributed by atoms with Gasteiger partial charge in [-0.25, -0.2) is 0 Å². The molecule has 0 bridgehead atoms. The number of thiocarbonyl (C=S) groups is 1. The summed E-state index contributed by atoms with van der Waals surface area (Å²) in [6, 6.07) is 12.6. The SMILES string of the molecule is COc1ccc(NC(=O)C2=C(C)NC(=S)N[C@H]2c2ccc(Br)cc2)c(OC)c1. The molecule has 6 nitrogen and oxygen atoms in total. The van der Waals surface area contributed by atoms with E-state index in [2.05, 4.69) is 31.9 Å². The van der Waals surface area contributed by atoms with Crippen molar-refractivity contribution >= 4 is 44.9 Å². The minimum atomic E-state index is -0.369. The molecule has 0 aliphatic carbocycles. The number of ether oxygens (including phenoxy) is 2. The Morgan fingerprint density at radius 1 is 1.14 bits per heavy atom. The van der Waals surface area contributed by atoms with E-state index in [1.165, 1.54) is 0 Å². The molecular formula is C20H20BrN3O3S. The van der Waals surface area contributed by atoms with Crippen molar-refractivity contribution in [3.63, 3.8) is 0 Å². The fraction of sp³-hybridized carbons (Fsp3) is 0.200. The Labute approximate surface area is 177 Å². The van der Waals surface area contributed by atoms with Gasteiger partial charge < -0.3 is 25.4 Å². The van der Waals surface area contributed by atoms with E-state index < -0.39 is 0 Å². The van der Waals surface area contributed by atoms with Gasteiger partial charge in [-0.05, 0) is 49.0 Å². The standard InChI is InChI=1S/C20H20BrN3O3S/c1-11-17(18(24-20(28)22-11)12-4-6-13(21)7-5-12)19(25)23-15-9-8-14(26-2)10-16(15)27-3/h4-10,18H,1-3H3,(H,23,25)(H2,22,24,28)/t18-/m0/s1. The van der Waals surface area contributed by atoms with Crippen molar-refractivity contribution in [2.75, 3.05) is 19.5 Å². The monoisotopic (exact) mass is 461 g/mol. The molecule has 3 rings (SSSR count). The zero-order valence-corrected chi connectivity index (χ0v) is 18.0. The molecule has 0 radical (unpaired) electrons. The normalized spacial score (nSPS) is 16.1. The number of carbonyl (C=O) groups is 1. The predicted octanol–water partition coefficient (Wildman–Crippen LogP) is 3.90. The molecule has 1 aliphatic rings. The first-order valence-corrected chi connectivity index (χ1v) is 9.70. The quantitative estimate of drug-likeness (QED) is 0.586. The molecule has 8 heteroatoms. The third kappa shape index (κ3) is 4.28. The Bertz CT molecular complexity index is 944. The smallest absolute Gasteiger partial charge is 0.255 e. The van der Waals surface area contributed by atoms with Crippen LogP contribution in [0.4, 0.5) is 5.69 Å². The summed E-state index contributed by atoms with van der Waals surface area (Å²) in [4.78, 5) is 13.2. The number of hydrogen-bond acceptors (Lipinski definition) is 4. The highest BCUT2D eigenvalue weighted by Gasteiger charge is 2.30. The molecule has 3 N–H and O–H groups in total. The van der Waals surface area contributed by atoms with Gasteiger partial charge in [-0.2, -0.15) is 0 Å². The molecule has 0 spiro atoms. The zero-order valence-electron chi connectivity index (χ0n) is 15.6. The number of rotatable bonds is 5. The van der Waals surface area contributed by atoms with Gasteiger partial charge in [-0.15, -0.1) is 0 Å². The maximum absolute atomic E-state index is 13.2. The van der Waals surface area contributed by atoms with E-state index in [9.17, 15) is 4.79 Å². The lowest BCUT2D eigenvalue weighted by Gasteiger charge is -2.30. The van der Waals surface area contributed by atoms with Gasteiger partial charge in [0, 0.05) is 16.2 Å². The molecule has 2 aromatic carbocycles. The lowest BCUT2D eigenvalue weighted by atomic mass is 9.95. The van der Waals surface area contributed by atoms with Crippen LogP contribution >= 0.6 is 28.1 Å². The fourth-order valence-corrected chi connectivity index (χ4v) is 3.53. The highest BCUT2D eigenvalue weighted by atomic mass is 79.9. The molecule has 0 aromatic heterocycles. The van der Waals surface area contributed by atoms with E-state index in [-0.39, 0.29) is 11.9 Å². The molecule has 146 valence electrons. The van der Waals surface area contributed by atoms with Gasteiger partial charge >= 0.3 is 0 Å². The lowest BCUT2D eigenvalue weighted by molar-refractivity contribution is -0.113. The fourth-order valence-electron chi connectivity index (χ4n) is 2.99. The van der Waals surface area contributed by atoms with Crippen molar-refractivity contribution in [3.05, 3.63) is 63.8 Å². The summed E-state index contributed by atoms with van der Waals surface area (Å²) in [5.74, 6) is 0.902. The van der Waals surface area contributed by atoms with Crippen LogP contribution in [-0.2, 0) is 4.79 Å². The van der Waals surface area contributed by atoms with Crippen LogP contribution in [0.25, 0.3) is 0 Å². The number of amides is 1. The Morgan fingerprint density at radius 2 is 1.86 bits per heavy atom. The molecule has 0 unspecified atom stereocenters. The van der Waals surface area contributed by atoms with Crippen LogP contribution < -0.4 is 25.4 Å². The number of methoxy groups -OCH3 is 2. The van der Waals surface area contributed by atoms with Crippen LogP contribution in [0.5, 0.6) is 11.5 Å². The zero-order chi connectivity index (χ0) is 20.3. The number of carbonyl (C=O) groups excluding carboxylic acids is 1. The molecular weight excluding hydrogens is 442 g/mol. The van der Waals surface area contributed by atoms with Crippen molar-refractivity contribution < 1.29 is 14.3 Å². The Hall–Kier alpha value is -2.58. The van der Waals surface area contributed by atoms with Crippen LogP contribution in [0.2, 0.25) is 0 Å². The van der Waals surface area contributed by atoms with Gasteiger partial charge in [0.25, 0.3) is 5.91 Å². The van der Waals surface area contributed by atoms with Gasteiger partial charge in [-0.1, -0.05) is 28.1 Å². The van der Waals surface area contributed by atoms with Crippen molar-refractivity contribution in [2.45, 2.75) is 13.0 Å². The Balaban J connectivity index is 1.94. The third-order valence-corrected chi connectivity index (χ3v) is 5.12. The molecule has 1 heterocycles. The third-order valence-electron chi connectivity index (χ3n) is 4.37. The highest BCUT2D eigenvalue weighted by molar-refractivity contribution is 9.10. The number of allylic oxidation sites excluding steroid dienone is 1. The van der Waals surface area contributed by atoms with E-state index in [1.54, 1.807) is 32.4 Å². The first-order valence-electron chi connectivity index (χ1n) is 8.50. The Kier molecular flexibility index (Phi) is 6.21. The van der Waals surface area contributed by atoms with E-state index >= 15 is 0 Å². The van der Waals surface area contributed by atoms with Crippen molar-refractivity contribution in [2.24, 2.45) is 0 Å². The largest absolute Gasteiger partial charge is 0.497 e. The van der Waals surface area contributed by atoms with Crippen LogP contribution in [0.3, 0.4) is 0 Å². The second-order valence-corrected chi connectivity index (χ2v) is 7.47.